The van der Waals surface area contributed by atoms with E-state index in [1.165, 1.54) is 6.07 Å². The second kappa shape index (κ2) is 6.15. The third-order valence-corrected chi connectivity index (χ3v) is 2.95. The van der Waals surface area contributed by atoms with Crippen LogP contribution in [-0.4, -0.2) is 12.1 Å². The summed E-state index contributed by atoms with van der Waals surface area (Å²) >= 11 is 0. The highest BCUT2D eigenvalue weighted by molar-refractivity contribution is 5.70. The first kappa shape index (κ1) is 16.3. The Morgan fingerprint density at radius 2 is 1.85 bits per heavy atom. The first-order chi connectivity index (χ1) is 9.29. The van der Waals surface area contributed by atoms with Crippen molar-refractivity contribution in [1.82, 2.24) is 5.32 Å². The number of hydrogen-bond acceptors (Lipinski definition) is 2. The van der Waals surface area contributed by atoms with Crippen molar-refractivity contribution in [2.45, 2.75) is 46.0 Å². The minimum Gasteiger partial charge on any atom is -0.439 e. The maximum atomic E-state index is 12.6. The van der Waals surface area contributed by atoms with Crippen molar-refractivity contribution < 1.29 is 22.7 Å². The molecule has 112 valence electrons. The number of carbonyl (C=O) groups is 1. The van der Waals surface area contributed by atoms with Crippen molar-refractivity contribution in [3.63, 3.8) is 0 Å². The number of alkyl halides is 3. The van der Waals surface area contributed by atoms with E-state index < -0.39 is 23.9 Å². The lowest BCUT2D eigenvalue weighted by Gasteiger charge is -2.17. The second-order valence-electron chi connectivity index (χ2n) is 4.33. The predicted octanol–water partition coefficient (Wildman–Crippen LogP) is 4.21. The number of benzene rings is 1. The van der Waals surface area contributed by atoms with Crippen LogP contribution in [0, 0.1) is 6.92 Å². The minimum absolute atomic E-state index is 0.348. The Morgan fingerprint density at radius 3 is 2.30 bits per heavy atom. The molecule has 1 aromatic rings. The van der Waals surface area contributed by atoms with Crippen LogP contribution in [0.3, 0.4) is 0 Å². The van der Waals surface area contributed by atoms with Crippen LogP contribution in [0.4, 0.5) is 18.0 Å². The standard InChI is InChI=1S/C12H12F3NO2.C2H6/c1-6-3-4-8(12(13,14)15)5-9(6)10-7(2)16-11(17)18-10;1-2/h3-5,7,10H,1-2H3,(H,16,17);1-2H3. The van der Waals surface area contributed by atoms with E-state index in [4.69, 9.17) is 4.74 Å². The zero-order valence-corrected chi connectivity index (χ0v) is 11.8. The van der Waals surface area contributed by atoms with Crippen LogP contribution in [0.15, 0.2) is 18.2 Å². The van der Waals surface area contributed by atoms with Crippen molar-refractivity contribution in [2.24, 2.45) is 0 Å². The van der Waals surface area contributed by atoms with Gasteiger partial charge in [-0.3, -0.25) is 0 Å². The highest BCUT2D eigenvalue weighted by atomic mass is 19.4. The van der Waals surface area contributed by atoms with Crippen molar-refractivity contribution >= 4 is 6.09 Å². The average molecular weight is 289 g/mol. The average Bonchev–Trinajstić information content (AvgIpc) is 2.70. The summed E-state index contributed by atoms with van der Waals surface area (Å²) in [6.07, 6.45) is -5.69. The molecule has 1 aromatic carbocycles. The van der Waals surface area contributed by atoms with Crippen LogP contribution in [0.25, 0.3) is 0 Å². The van der Waals surface area contributed by atoms with Crippen LogP contribution in [-0.2, 0) is 10.9 Å². The van der Waals surface area contributed by atoms with Crippen LogP contribution < -0.4 is 5.32 Å². The van der Waals surface area contributed by atoms with E-state index in [1.54, 1.807) is 13.8 Å². The molecule has 1 saturated heterocycles. The number of carbonyl (C=O) groups excluding carboxylic acids is 1. The molecule has 1 heterocycles. The number of amides is 1. The monoisotopic (exact) mass is 289 g/mol. The summed E-state index contributed by atoms with van der Waals surface area (Å²) in [5.41, 5.74) is 0.310. The maximum absolute atomic E-state index is 12.6. The quantitative estimate of drug-likeness (QED) is 0.841. The summed E-state index contributed by atoms with van der Waals surface area (Å²) in [6.45, 7) is 7.38. The van der Waals surface area contributed by atoms with Gasteiger partial charge in [-0.05, 0) is 37.1 Å². The molecule has 2 rings (SSSR count). The molecule has 0 aromatic heterocycles. The number of alkyl carbamates (subject to hydrolysis) is 1. The Labute approximate surface area is 116 Å². The third-order valence-electron chi connectivity index (χ3n) is 2.95. The summed E-state index contributed by atoms with van der Waals surface area (Å²) in [7, 11) is 0. The third kappa shape index (κ3) is 3.43. The number of aryl methyl sites for hydroxylation is 1. The Morgan fingerprint density at radius 1 is 1.25 bits per heavy atom. The van der Waals surface area contributed by atoms with Gasteiger partial charge >= 0.3 is 12.3 Å². The summed E-state index contributed by atoms with van der Waals surface area (Å²) in [5, 5.41) is 2.51. The van der Waals surface area contributed by atoms with E-state index in [2.05, 4.69) is 5.32 Å². The normalized spacial score (nSPS) is 21.6. The molecule has 2 atom stereocenters. The summed E-state index contributed by atoms with van der Waals surface area (Å²) in [5.74, 6) is 0. The number of hydrogen-bond donors (Lipinski definition) is 1. The van der Waals surface area contributed by atoms with Crippen molar-refractivity contribution in [3.8, 4) is 0 Å². The molecule has 1 aliphatic heterocycles. The van der Waals surface area contributed by atoms with Crippen molar-refractivity contribution in [2.75, 3.05) is 0 Å². The van der Waals surface area contributed by atoms with Crippen LogP contribution in [0.1, 0.15) is 43.6 Å². The predicted molar refractivity (Wildman–Crippen MR) is 69.3 cm³/mol. The lowest BCUT2D eigenvalue weighted by atomic mass is 9.97. The zero-order chi connectivity index (χ0) is 15.5. The first-order valence-electron chi connectivity index (χ1n) is 6.44. The topological polar surface area (TPSA) is 38.3 Å². The summed E-state index contributed by atoms with van der Waals surface area (Å²) in [4.78, 5) is 11.1. The van der Waals surface area contributed by atoms with Gasteiger partial charge in [-0.2, -0.15) is 13.2 Å². The van der Waals surface area contributed by atoms with Crippen LogP contribution in [0.5, 0.6) is 0 Å². The Balaban J connectivity index is 0.000000956. The number of cyclic esters (lactones) is 1. The van der Waals surface area contributed by atoms with E-state index >= 15 is 0 Å². The molecule has 2 unspecified atom stereocenters. The summed E-state index contributed by atoms with van der Waals surface area (Å²) in [6, 6.07) is 3.10. The van der Waals surface area contributed by atoms with Gasteiger partial charge in [0.2, 0.25) is 0 Å². The largest absolute Gasteiger partial charge is 0.439 e. The molecule has 0 bridgehead atoms. The van der Waals surface area contributed by atoms with Gasteiger partial charge in [0.25, 0.3) is 0 Å². The fourth-order valence-corrected chi connectivity index (χ4v) is 1.97. The van der Waals surface area contributed by atoms with Gasteiger partial charge in [0.1, 0.15) is 6.10 Å². The number of ether oxygens (including phenoxy) is 1. The fraction of sp³-hybridized carbons (Fsp3) is 0.500. The van der Waals surface area contributed by atoms with Gasteiger partial charge in [-0.1, -0.05) is 19.9 Å². The number of rotatable bonds is 1. The molecule has 1 aliphatic rings. The van der Waals surface area contributed by atoms with Gasteiger partial charge in [-0.25, -0.2) is 4.79 Å². The molecule has 1 amide bonds. The lowest BCUT2D eigenvalue weighted by molar-refractivity contribution is -0.137. The molecule has 6 heteroatoms. The molecule has 1 fully saturated rings. The zero-order valence-electron chi connectivity index (χ0n) is 11.8. The van der Waals surface area contributed by atoms with Gasteiger partial charge in [0.15, 0.2) is 0 Å². The molecule has 3 nitrogen and oxygen atoms in total. The molecule has 0 saturated carbocycles. The minimum atomic E-state index is -4.40. The number of halogens is 3. The van der Waals surface area contributed by atoms with Gasteiger partial charge < -0.3 is 10.1 Å². The summed E-state index contributed by atoms with van der Waals surface area (Å²) < 4.78 is 42.9. The van der Waals surface area contributed by atoms with Gasteiger partial charge in [0, 0.05) is 0 Å². The maximum Gasteiger partial charge on any atom is 0.416 e. The van der Waals surface area contributed by atoms with Gasteiger partial charge in [0.05, 0.1) is 11.6 Å². The lowest BCUT2D eigenvalue weighted by Crippen LogP contribution is -2.24. The van der Waals surface area contributed by atoms with E-state index in [9.17, 15) is 18.0 Å². The molecule has 0 radical (unpaired) electrons. The van der Waals surface area contributed by atoms with E-state index in [1.807, 2.05) is 13.8 Å². The molecule has 0 aliphatic carbocycles. The van der Waals surface area contributed by atoms with Gasteiger partial charge in [-0.15, -0.1) is 0 Å². The first-order valence-corrected chi connectivity index (χ1v) is 6.44. The molecular weight excluding hydrogens is 271 g/mol. The second-order valence-corrected chi connectivity index (χ2v) is 4.33. The van der Waals surface area contributed by atoms with Crippen LogP contribution >= 0.6 is 0 Å². The number of nitrogens with one attached hydrogen (secondary N) is 1. The van der Waals surface area contributed by atoms with E-state index in [0.29, 0.717) is 11.1 Å². The van der Waals surface area contributed by atoms with Crippen LogP contribution in [0.2, 0.25) is 0 Å². The fourth-order valence-electron chi connectivity index (χ4n) is 1.97. The smallest absolute Gasteiger partial charge is 0.416 e. The Hall–Kier alpha value is -1.72. The highest BCUT2D eigenvalue weighted by Crippen LogP contribution is 2.35. The molecule has 20 heavy (non-hydrogen) atoms. The Kier molecular flexibility index (Phi) is 5.03. The molecule has 0 spiro atoms. The molecular formula is C14H18F3NO2. The SMILES string of the molecule is CC.Cc1ccc(C(F)(F)F)cc1C1OC(=O)NC1C. The van der Waals surface area contributed by atoms with Crippen molar-refractivity contribution in [3.05, 3.63) is 34.9 Å². The molecule has 1 N–H and O–H groups in total. The highest BCUT2D eigenvalue weighted by Gasteiger charge is 2.36. The van der Waals surface area contributed by atoms with E-state index in [0.717, 1.165) is 12.1 Å². The van der Waals surface area contributed by atoms with Crippen molar-refractivity contribution in [1.29, 1.82) is 0 Å². The Bertz CT molecular complexity index is 486. The van der Waals surface area contributed by atoms with E-state index in [-0.39, 0.29) is 6.04 Å².